The van der Waals surface area contributed by atoms with E-state index in [0.717, 1.165) is 32.1 Å². The molecule has 6 heteroatoms. The normalized spacial score (nSPS) is 33.5. The first-order chi connectivity index (χ1) is 9.44. The predicted octanol–water partition coefficient (Wildman–Crippen LogP) is 0.977. The third-order valence-corrected chi connectivity index (χ3v) is 6.25. The number of nitrogens with two attached hydrogens (primary N) is 1. The van der Waals surface area contributed by atoms with Gasteiger partial charge in [-0.05, 0) is 38.0 Å². The molecule has 3 N–H and O–H groups in total. The lowest BCUT2D eigenvalue weighted by Crippen LogP contribution is -2.43. The zero-order valence-electron chi connectivity index (χ0n) is 12.0. The number of amides is 1. The van der Waals surface area contributed by atoms with Crippen molar-refractivity contribution in [1.29, 1.82) is 0 Å². The van der Waals surface area contributed by atoms with Crippen molar-refractivity contribution in [3.05, 3.63) is 0 Å². The Hall–Kier alpha value is -0.620. The van der Waals surface area contributed by atoms with E-state index in [1.165, 1.54) is 6.42 Å². The average Bonchev–Trinajstić information content (AvgIpc) is 2.35. The fourth-order valence-corrected chi connectivity index (χ4v) is 5.00. The second-order valence-corrected chi connectivity index (χ2v) is 8.58. The molecule has 1 saturated heterocycles. The van der Waals surface area contributed by atoms with Crippen LogP contribution in [0.15, 0.2) is 0 Å². The van der Waals surface area contributed by atoms with Crippen molar-refractivity contribution in [2.45, 2.75) is 63.5 Å². The summed E-state index contributed by atoms with van der Waals surface area (Å²) < 4.78 is 23.0. The van der Waals surface area contributed by atoms with Gasteiger partial charge in [0, 0.05) is 18.5 Å². The highest BCUT2D eigenvalue weighted by Crippen LogP contribution is 2.26. The molecule has 0 aromatic carbocycles. The van der Waals surface area contributed by atoms with Crippen LogP contribution < -0.4 is 11.1 Å². The maximum Gasteiger partial charge on any atom is 0.220 e. The molecule has 0 radical (unpaired) electrons. The summed E-state index contributed by atoms with van der Waals surface area (Å²) in [5, 5.41) is 2.88. The number of hydrogen-bond donors (Lipinski definition) is 2. The average molecular weight is 302 g/mol. The third-order valence-electron chi connectivity index (χ3n) is 4.43. The second kappa shape index (κ2) is 6.89. The molecule has 0 spiro atoms. The van der Waals surface area contributed by atoms with Crippen LogP contribution in [0.25, 0.3) is 0 Å². The Kier molecular flexibility index (Phi) is 5.43. The van der Waals surface area contributed by atoms with Crippen LogP contribution in [-0.4, -0.2) is 37.9 Å². The molecule has 116 valence electrons. The van der Waals surface area contributed by atoms with Crippen LogP contribution in [0, 0.1) is 5.92 Å². The van der Waals surface area contributed by atoms with E-state index >= 15 is 0 Å². The van der Waals surface area contributed by atoms with E-state index in [1.54, 1.807) is 0 Å². The Labute approximate surface area is 121 Å². The van der Waals surface area contributed by atoms with Gasteiger partial charge >= 0.3 is 0 Å². The lowest BCUT2D eigenvalue weighted by molar-refractivity contribution is -0.122. The number of rotatable bonds is 4. The molecule has 1 saturated carbocycles. The summed E-state index contributed by atoms with van der Waals surface area (Å²) in [5.41, 5.74) is 5.94. The number of hydrogen-bond acceptors (Lipinski definition) is 4. The van der Waals surface area contributed by atoms with E-state index < -0.39 is 9.84 Å². The third kappa shape index (κ3) is 5.05. The van der Waals surface area contributed by atoms with Crippen LogP contribution in [0.4, 0.5) is 0 Å². The van der Waals surface area contributed by atoms with Crippen LogP contribution in [0.2, 0.25) is 0 Å². The van der Waals surface area contributed by atoms with Gasteiger partial charge in [0.05, 0.1) is 11.5 Å². The number of carbonyl (C=O) groups is 1. The van der Waals surface area contributed by atoms with Crippen molar-refractivity contribution in [2.24, 2.45) is 11.7 Å². The smallest absolute Gasteiger partial charge is 0.220 e. The molecule has 0 bridgehead atoms. The largest absolute Gasteiger partial charge is 0.352 e. The van der Waals surface area contributed by atoms with E-state index in [2.05, 4.69) is 5.32 Å². The molecule has 1 aliphatic heterocycles. The molecule has 0 aromatic heterocycles. The molecule has 2 fully saturated rings. The van der Waals surface area contributed by atoms with Crippen LogP contribution in [0.5, 0.6) is 0 Å². The molecule has 3 atom stereocenters. The zero-order chi connectivity index (χ0) is 14.6. The quantitative estimate of drug-likeness (QED) is 0.810. The molecule has 5 nitrogen and oxygen atoms in total. The standard InChI is InChI=1S/C14H26N2O3S/c15-12-4-1-3-11(9-12)6-7-14(17)16-13-5-2-8-20(18,19)10-13/h11-13H,1-10,15H2,(H,16,17). The Morgan fingerprint density at radius 2 is 2.00 bits per heavy atom. The molecule has 1 amide bonds. The Morgan fingerprint density at radius 1 is 1.20 bits per heavy atom. The van der Waals surface area contributed by atoms with E-state index in [-0.39, 0.29) is 23.5 Å². The van der Waals surface area contributed by atoms with E-state index in [1.807, 2.05) is 0 Å². The van der Waals surface area contributed by atoms with Gasteiger partial charge in [0.1, 0.15) is 0 Å². The summed E-state index contributed by atoms with van der Waals surface area (Å²) in [4.78, 5) is 11.9. The van der Waals surface area contributed by atoms with Crippen molar-refractivity contribution in [3.63, 3.8) is 0 Å². The van der Waals surface area contributed by atoms with Gasteiger partial charge in [-0.1, -0.05) is 12.8 Å². The van der Waals surface area contributed by atoms with Gasteiger partial charge in [0.25, 0.3) is 0 Å². The van der Waals surface area contributed by atoms with Crippen molar-refractivity contribution >= 4 is 15.7 Å². The minimum Gasteiger partial charge on any atom is -0.352 e. The molecule has 2 rings (SSSR count). The number of sulfone groups is 1. The monoisotopic (exact) mass is 302 g/mol. The van der Waals surface area contributed by atoms with Crippen LogP contribution in [-0.2, 0) is 14.6 Å². The van der Waals surface area contributed by atoms with Gasteiger partial charge < -0.3 is 11.1 Å². The molecule has 20 heavy (non-hydrogen) atoms. The minimum atomic E-state index is -2.95. The fraction of sp³-hybridized carbons (Fsp3) is 0.929. The zero-order valence-corrected chi connectivity index (χ0v) is 12.8. The maximum absolute atomic E-state index is 11.9. The van der Waals surface area contributed by atoms with E-state index in [0.29, 0.717) is 24.8 Å². The Bertz CT molecular complexity index is 436. The molecular weight excluding hydrogens is 276 g/mol. The first kappa shape index (κ1) is 15.8. The Morgan fingerprint density at radius 3 is 2.70 bits per heavy atom. The SMILES string of the molecule is NC1CCCC(CCC(=O)NC2CCCS(=O)(=O)C2)C1. The summed E-state index contributed by atoms with van der Waals surface area (Å²) in [7, 11) is -2.95. The number of nitrogens with one attached hydrogen (secondary N) is 1. The first-order valence-corrected chi connectivity index (χ1v) is 9.52. The minimum absolute atomic E-state index is 0.00811. The van der Waals surface area contributed by atoms with Gasteiger partial charge in [-0.25, -0.2) is 8.42 Å². The van der Waals surface area contributed by atoms with Crippen molar-refractivity contribution in [1.82, 2.24) is 5.32 Å². The van der Waals surface area contributed by atoms with Gasteiger partial charge in [0.2, 0.25) is 5.91 Å². The fourth-order valence-electron chi connectivity index (χ4n) is 3.37. The van der Waals surface area contributed by atoms with Gasteiger partial charge in [-0.3, -0.25) is 4.79 Å². The predicted molar refractivity (Wildman–Crippen MR) is 79.0 cm³/mol. The van der Waals surface area contributed by atoms with Crippen molar-refractivity contribution in [2.75, 3.05) is 11.5 Å². The first-order valence-electron chi connectivity index (χ1n) is 7.70. The highest BCUT2D eigenvalue weighted by atomic mass is 32.2. The van der Waals surface area contributed by atoms with E-state index in [9.17, 15) is 13.2 Å². The van der Waals surface area contributed by atoms with Crippen LogP contribution in [0.3, 0.4) is 0 Å². The molecule has 0 aromatic rings. The molecule has 1 heterocycles. The number of carbonyl (C=O) groups excluding carboxylic acids is 1. The highest BCUT2D eigenvalue weighted by molar-refractivity contribution is 7.91. The second-order valence-electron chi connectivity index (χ2n) is 6.35. The summed E-state index contributed by atoms with van der Waals surface area (Å²) >= 11 is 0. The van der Waals surface area contributed by atoms with Crippen molar-refractivity contribution < 1.29 is 13.2 Å². The molecule has 1 aliphatic carbocycles. The summed E-state index contributed by atoms with van der Waals surface area (Å²) in [6.07, 6.45) is 7.25. The van der Waals surface area contributed by atoms with E-state index in [4.69, 9.17) is 5.73 Å². The summed E-state index contributed by atoms with van der Waals surface area (Å²) in [6, 6.07) is 0.107. The molecule has 2 aliphatic rings. The molecule has 3 unspecified atom stereocenters. The Balaban J connectivity index is 1.70. The van der Waals surface area contributed by atoms with Gasteiger partial charge in [-0.15, -0.1) is 0 Å². The van der Waals surface area contributed by atoms with Gasteiger partial charge in [0.15, 0.2) is 9.84 Å². The lowest BCUT2D eigenvalue weighted by Gasteiger charge is -2.27. The lowest BCUT2D eigenvalue weighted by atomic mass is 9.83. The topological polar surface area (TPSA) is 89.3 Å². The van der Waals surface area contributed by atoms with Gasteiger partial charge in [-0.2, -0.15) is 0 Å². The van der Waals surface area contributed by atoms with Crippen molar-refractivity contribution in [3.8, 4) is 0 Å². The highest BCUT2D eigenvalue weighted by Gasteiger charge is 2.26. The maximum atomic E-state index is 11.9. The molecular formula is C14H26N2O3S. The summed E-state index contributed by atoms with van der Waals surface area (Å²) in [5.74, 6) is 0.915. The van der Waals surface area contributed by atoms with Crippen LogP contribution >= 0.6 is 0 Å². The summed E-state index contributed by atoms with van der Waals surface area (Å²) in [6.45, 7) is 0. The van der Waals surface area contributed by atoms with Crippen LogP contribution in [0.1, 0.15) is 51.4 Å².